The summed E-state index contributed by atoms with van der Waals surface area (Å²) in [4.78, 5) is 23.8. The Bertz CT molecular complexity index is 506. The number of hydrogen-bond acceptors (Lipinski definition) is 4. The smallest absolute Gasteiger partial charge is 0.410 e. The Kier molecular flexibility index (Phi) is 8.09. The summed E-state index contributed by atoms with van der Waals surface area (Å²) in [6, 6.07) is 9.54. The molecule has 1 fully saturated rings. The summed E-state index contributed by atoms with van der Waals surface area (Å²) in [5.41, 5.74) is 0.626. The third-order valence-corrected chi connectivity index (χ3v) is 3.17. The van der Waals surface area contributed by atoms with Crippen LogP contribution in [0.5, 0.6) is 0 Å². The predicted octanol–water partition coefficient (Wildman–Crippen LogP) is 3.56. The second kappa shape index (κ2) is 9.80. The van der Waals surface area contributed by atoms with Crippen molar-refractivity contribution < 1.29 is 19.1 Å². The van der Waals surface area contributed by atoms with Crippen molar-refractivity contribution in [2.45, 2.75) is 45.8 Å². The van der Waals surface area contributed by atoms with E-state index in [0.29, 0.717) is 6.61 Å². The van der Waals surface area contributed by atoms with Crippen LogP contribution in [0.2, 0.25) is 0 Å². The van der Waals surface area contributed by atoms with Gasteiger partial charge in [0.05, 0.1) is 0 Å². The molecule has 1 aliphatic heterocycles. The zero-order valence-electron chi connectivity index (χ0n) is 15.0. The van der Waals surface area contributed by atoms with Gasteiger partial charge in [0.2, 0.25) is 0 Å². The van der Waals surface area contributed by atoms with Crippen molar-refractivity contribution in [1.82, 2.24) is 10.2 Å². The first-order valence-corrected chi connectivity index (χ1v) is 8.18. The Morgan fingerprint density at radius 2 is 1.71 bits per heavy atom. The first-order valence-electron chi connectivity index (χ1n) is 8.18. The maximum absolute atomic E-state index is 11.4. The van der Waals surface area contributed by atoms with Crippen molar-refractivity contribution >= 4 is 12.2 Å². The van der Waals surface area contributed by atoms with Crippen LogP contribution in [0.3, 0.4) is 0 Å². The second-order valence-corrected chi connectivity index (χ2v) is 6.49. The van der Waals surface area contributed by atoms with Crippen LogP contribution in [0.25, 0.3) is 0 Å². The van der Waals surface area contributed by atoms with Gasteiger partial charge in [-0.05, 0) is 39.2 Å². The van der Waals surface area contributed by atoms with Gasteiger partial charge in [-0.3, -0.25) is 0 Å². The lowest BCUT2D eigenvalue weighted by Crippen LogP contribution is -2.34. The lowest BCUT2D eigenvalue weighted by Gasteiger charge is -2.23. The highest BCUT2D eigenvalue weighted by atomic mass is 16.6. The molecule has 0 unspecified atom stereocenters. The molecule has 24 heavy (non-hydrogen) atoms. The zero-order valence-corrected chi connectivity index (χ0v) is 15.0. The summed E-state index contributed by atoms with van der Waals surface area (Å²) in [5.74, 6) is 0. The number of likely N-dealkylation sites (tertiary alicyclic amines) is 1. The number of carbonyl (C=O) groups is 2. The molecular formula is C18H28N2O4. The van der Waals surface area contributed by atoms with Crippen LogP contribution in [0.15, 0.2) is 30.3 Å². The normalized spacial score (nSPS) is 13.6. The molecule has 1 aromatic carbocycles. The van der Waals surface area contributed by atoms with Crippen LogP contribution < -0.4 is 5.32 Å². The van der Waals surface area contributed by atoms with Gasteiger partial charge in [-0.2, -0.15) is 0 Å². The number of rotatable bonds is 2. The molecule has 2 rings (SSSR count). The molecule has 0 saturated carbocycles. The standard InChI is InChI=1S/C9H17NO2.C9H11NO2/c1-9(2,3)12-8(11)10-6-4-5-7-10;1-10-9(11)12-7-8-5-3-2-4-6-8/h4-7H2,1-3H3;2-6H,7H2,1H3,(H,10,11). The van der Waals surface area contributed by atoms with Gasteiger partial charge >= 0.3 is 12.2 Å². The van der Waals surface area contributed by atoms with E-state index in [-0.39, 0.29) is 11.7 Å². The molecule has 1 aliphatic rings. The molecule has 0 spiro atoms. The van der Waals surface area contributed by atoms with E-state index < -0.39 is 6.09 Å². The second-order valence-electron chi connectivity index (χ2n) is 6.49. The molecule has 0 atom stereocenters. The Balaban J connectivity index is 0.000000240. The number of nitrogens with one attached hydrogen (secondary N) is 1. The average Bonchev–Trinajstić information content (AvgIpc) is 3.07. The number of amides is 2. The van der Waals surface area contributed by atoms with Crippen molar-refractivity contribution in [1.29, 1.82) is 0 Å². The molecule has 0 aromatic heterocycles. The predicted molar refractivity (Wildman–Crippen MR) is 92.7 cm³/mol. The lowest BCUT2D eigenvalue weighted by atomic mass is 10.2. The third kappa shape index (κ3) is 8.41. The van der Waals surface area contributed by atoms with Gasteiger partial charge in [0, 0.05) is 20.1 Å². The van der Waals surface area contributed by atoms with Gasteiger partial charge in [-0.25, -0.2) is 9.59 Å². The number of hydrogen-bond donors (Lipinski definition) is 1. The van der Waals surface area contributed by atoms with Crippen LogP contribution in [0.4, 0.5) is 9.59 Å². The van der Waals surface area contributed by atoms with Gasteiger partial charge in [0.25, 0.3) is 0 Å². The molecule has 6 heteroatoms. The van der Waals surface area contributed by atoms with Gasteiger partial charge in [0.1, 0.15) is 12.2 Å². The zero-order chi connectivity index (χ0) is 18.0. The largest absolute Gasteiger partial charge is 0.445 e. The van der Waals surface area contributed by atoms with E-state index in [9.17, 15) is 9.59 Å². The first kappa shape index (κ1) is 19.8. The lowest BCUT2D eigenvalue weighted by molar-refractivity contribution is 0.0295. The van der Waals surface area contributed by atoms with Crippen LogP contribution in [0, 0.1) is 0 Å². The summed E-state index contributed by atoms with van der Waals surface area (Å²) >= 11 is 0. The van der Waals surface area contributed by atoms with Crippen LogP contribution in [0.1, 0.15) is 39.2 Å². The maximum Gasteiger partial charge on any atom is 0.410 e. The Labute approximate surface area is 144 Å². The van der Waals surface area contributed by atoms with E-state index in [0.717, 1.165) is 31.5 Å². The van der Waals surface area contributed by atoms with Crippen molar-refractivity contribution in [2.24, 2.45) is 0 Å². The van der Waals surface area contributed by atoms with E-state index >= 15 is 0 Å². The summed E-state index contributed by atoms with van der Waals surface area (Å²) in [6.45, 7) is 7.70. The SMILES string of the molecule is CC(C)(C)OC(=O)N1CCCC1.CNC(=O)OCc1ccccc1. The molecule has 134 valence electrons. The molecule has 1 heterocycles. The molecule has 1 saturated heterocycles. The maximum atomic E-state index is 11.4. The van der Waals surface area contributed by atoms with E-state index in [2.05, 4.69) is 5.32 Å². The molecule has 2 amide bonds. The molecule has 1 aromatic rings. The summed E-state index contributed by atoms with van der Waals surface area (Å²) in [5, 5.41) is 2.37. The van der Waals surface area contributed by atoms with E-state index in [1.807, 2.05) is 51.1 Å². The van der Waals surface area contributed by atoms with Crippen molar-refractivity contribution in [3.63, 3.8) is 0 Å². The van der Waals surface area contributed by atoms with E-state index in [1.165, 1.54) is 7.05 Å². The van der Waals surface area contributed by atoms with Crippen LogP contribution >= 0.6 is 0 Å². The van der Waals surface area contributed by atoms with Crippen molar-refractivity contribution in [3.8, 4) is 0 Å². The Morgan fingerprint density at radius 1 is 1.12 bits per heavy atom. The summed E-state index contributed by atoms with van der Waals surface area (Å²) in [6.07, 6.45) is 1.65. The van der Waals surface area contributed by atoms with E-state index in [1.54, 1.807) is 4.90 Å². The summed E-state index contributed by atoms with van der Waals surface area (Å²) < 4.78 is 10.0. The number of carbonyl (C=O) groups excluding carboxylic acids is 2. The van der Waals surface area contributed by atoms with Crippen LogP contribution in [-0.4, -0.2) is 42.8 Å². The molecule has 0 bridgehead atoms. The number of benzene rings is 1. The fraction of sp³-hybridized carbons (Fsp3) is 0.556. The molecule has 0 radical (unpaired) electrons. The summed E-state index contributed by atoms with van der Waals surface area (Å²) in [7, 11) is 1.54. The van der Waals surface area contributed by atoms with E-state index in [4.69, 9.17) is 9.47 Å². The van der Waals surface area contributed by atoms with Gasteiger partial charge in [-0.1, -0.05) is 30.3 Å². The highest BCUT2D eigenvalue weighted by Crippen LogP contribution is 2.14. The first-order chi connectivity index (χ1) is 11.3. The molecule has 1 N–H and O–H groups in total. The van der Waals surface area contributed by atoms with Gasteiger partial charge in [0.15, 0.2) is 0 Å². The van der Waals surface area contributed by atoms with Crippen LogP contribution in [-0.2, 0) is 16.1 Å². The quantitative estimate of drug-likeness (QED) is 0.896. The number of ether oxygens (including phenoxy) is 2. The number of alkyl carbamates (subject to hydrolysis) is 1. The minimum atomic E-state index is -0.404. The van der Waals surface area contributed by atoms with Crippen molar-refractivity contribution in [3.05, 3.63) is 35.9 Å². The van der Waals surface area contributed by atoms with Gasteiger partial charge in [-0.15, -0.1) is 0 Å². The Morgan fingerprint density at radius 3 is 2.21 bits per heavy atom. The molecule has 6 nitrogen and oxygen atoms in total. The fourth-order valence-electron chi connectivity index (χ4n) is 2.02. The molecular weight excluding hydrogens is 308 g/mol. The monoisotopic (exact) mass is 336 g/mol. The highest BCUT2D eigenvalue weighted by Gasteiger charge is 2.23. The van der Waals surface area contributed by atoms with Gasteiger partial charge < -0.3 is 19.7 Å². The minimum Gasteiger partial charge on any atom is -0.445 e. The Hall–Kier alpha value is -2.24. The topological polar surface area (TPSA) is 67.9 Å². The highest BCUT2D eigenvalue weighted by molar-refractivity contribution is 5.68. The van der Waals surface area contributed by atoms with Crippen molar-refractivity contribution in [2.75, 3.05) is 20.1 Å². The fourth-order valence-corrected chi connectivity index (χ4v) is 2.02. The third-order valence-electron chi connectivity index (χ3n) is 3.17. The minimum absolute atomic E-state index is 0.167. The number of nitrogens with zero attached hydrogens (tertiary/aromatic N) is 1. The molecule has 0 aliphatic carbocycles. The average molecular weight is 336 g/mol.